The van der Waals surface area contributed by atoms with Crippen LogP contribution in [0.15, 0.2) is 78.0 Å². The first-order valence-corrected chi connectivity index (χ1v) is 11.3. The van der Waals surface area contributed by atoms with Gasteiger partial charge in [0, 0.05) is 30.9 Å². The van der Waals surface area contributed by atoms with Crippen LogP contribution >= 0.6 is 11.8 Å². The van der Waals surface area contributed by atoms with Crippen molar-refractivity contribution in [1.82, 2.24) is 14.5 Å². The average Bonchev–Trinajstić information content (AvgIpc) is 3.20. The van der Waals surface area contributed by atoms with E-state index in [0.717, 1.165) is 17.6 Å². The Labute approximate surface area is 188 Å². The lowest BCUT2D eigenvalue weighted by atomic mass is 10.00. The quantitative estimate of drug-likeness (QED) is 0.255. The fourth-order valence-electron chi connectivity index (χ4n) is 4.01. The summed E-state index contributed by atoms with van der Waals surface area (Å²) in [7, 11) is 0. The summed E-state index contributed by atoms with van der Waals surface area (Å²) >= 11 is 1.36. The van der Waals surface area contributed by atoms with Gasteiger partial charge < -0.3 is 4.90 Å². The molecule has 0 aliphatic carbocycles. The van der Waals surface area contributed by atoms with Crippen LogP contribution in [0.5, 0.6) is 0 Å². The zero-order chi connectivity index (χ0) is 22.1. The van der Waals surface area contributed by atoms with Gasteiger partial charge in [0.05, 0.1) is 21.7 Å². The van der Waals surface area contributed by atoms with Crippen molar-refractivity contribution < 1.29 is 9.72 Å². The average molecular weight is 445 g/mol. The van der Waals surface area contributed by atoms with E-state index in [4.69, 9.17) is 0 Å². The number of hydrogen-bond acceptors (Lipinski definition) is 5. The minimum atomic E-state index is -0.425. The molecular formula is C24H20N4O3S. The second-order valence-corrected chi connectivity index (χ2v) is 8.56. The second kappa shape index (κ2) is 8.47. The van der Waals surface area contributed by atoms with Gasteiger partial charge in [-0.15, -0.1) is 0 Å². The van der Waals surface area contributed by atoms with Crippen molar-refractivity contribution in [1.29, 1.82) is 0 Å². The van der Waals surface area contributed by atoms with E-state index in [0.29, 0.717) is 23.8 Å². The maximum atomic E-state index is 13.0. The van der Waals surface area contributed by atoms with Crippen molar-refractivity contribution in [3.8, 4) is 5.69 Å². The summed E-state index contributed by atoms with van der Waals surface area (Å²) in [5, 5.41) is 11.8. The number of fused-ring (bicyclic) bond motifs is 2. The van der Waals surface area contributed by atoms with Crippen molar-refractivity contribution in [3.63, 3.8) is 0 Å². The van der Waals surface area contributed by atoms with Crippen LogP contribution in [0.1, 0.15) is 11.1 Å². The molecule has 0 saturated heterocycles. The van der Waals surface area contributed by atoms with E-state index in [1.54, 1.807) is 6.07 Å². The minimum absolute atomic E-state index is 0.00480. The highest BCUT2D eigenvalue weighted by atomic mass is 32.2. The van der Waals surface area contributed by atoms with Crippen LogP contribution in [0.2, 0.25) is 0 Å². The smallest absolute Gasteiger partial charge is 0.271 e. The first-order valence-electron chi connectivity index (χ1n) is 10.3. The van der Waals surface area contributed by atoms with Crippen LogP contribution in [-0.2, 0) is 17.8 Å². The van der Waals surface area contributed by atoms with E-state index >= 15 is 0 Å². The maximum absolute atomic E-state index is 13.0. The summed E-state index contributed by atoms with van der Waals surface area (Å²) < 4.78 is 1.95. The molecule has 32 heavy (non-hydrogen) atoms. The van der Waals surface area contributed by atoms with Crippen LogP contribution in [0.25, 0.3) is 16.7 Å². The number of imidazole rings is 1. The maximum Gasteiger partial charge on any atom is 0.271 e. The Bertz CT molecular complexity index is 1320. The van der Waals surface area contributed by atoms with E-state index in [-0.39, 0.29) is 17.3 Å². The topological polar surface area (TPSA) is 81.3 Å². The van der Waals surface area contributed by atoms with E-state index in [9.17, 15) is 14.9 Å². The molecule has 0 N–H and O–H groups in total. The first-order chi connectivity index (χ1) is 15.6. The molecule has 7 nitrogen and oxygen atoms in total. The van der Waals surface area contributed by atoms with Gasteiger partial charge >= 0.3 is 0 Å². The Morgan fingerprint density at radius 3 is 2.56 bits per heavy atom. The van der Waals surface area contributed by atoms with Crippen LogP contribution < -0.4 is 0 Å². The summed E-state index contributed by atoms with van der Waals surface area (Å²) in [4.78, 5) is 30.3. The number of non-ortho nitro benzene ring substituents is 1. The molecule has 2 heterocycles. The molecule has 0 radical (unpaired) electrons. The molecule has 1 amide bonds. The van der Waals surface area contributed by atoms with E-state index in [2.05, 4.69) is 17.1 Å². The van der Waals surface area contributed by atoms with Crippen LogP contribution in [-0.4, -0.2) is 37.6 Å². The molecular weight excluding hydrogens is 424 g/mol. The standard InChI is InChI=1S/C24H20N4O3S/c29-23(26-13-12-17-6-4-5-7-18(17)15-26)16-32-24-25-21-14-20(28(30)31)10-11-22(21)27(24)19-8-2-1-3-9-19/h1-11,14H,12-13,15-16H2. The van der Waals surface area contributed by atoms with Crippen molar-refractivity contribution in [2.45, 2.75) is 18.1 Å². The molecule has 3 aromatic carbocycles. The SMILES string of the molecule is O=C(CSc1nc2cc([N+](=O)[O-])ccc2n1-c1ccccc1)N1CCc2ccccc2C1. The Kier molecular flexibility index (Phi) is 5.36. The number of nitrogens with zero attached hydrogens (tertiary/aromatic N) is 4. The van der Waals surface area contributed by atoms with E-state index in [1.807, 2.05) is 51.9 Å². The number of para-hydroxylation sites is 1. The molecule has 0 saturated carbocycles. The zero-order valence-corrected chi connectivity index (χ0v) is 18.0. The Balaban J connectivity index is 1.42. The Hall–Kier alpha value is -3.65. The van der Waals surface area contributed by atoms with Gasteiger partial charge in [-0.25, -0.2) is 4.98 Å². The number of benzene rings is 3. The van der Waals surface area contributed by atoms with Crippen LogP contribution in [0.3, 0.4) is 0 Å². The minimum Gasteiger partial charge on any atom is -0.337 e. The van der Waals surface area contributed by atoms with Gasteiger partial charge in [0.2, 0.25) is 5.91 Å². The summed E-state index contributed by atoms with van der Waals surface area (Å²) in [5.41, 5.74) is 4.69. The van der Waals surface area contributed by atoms with Gasteiger partial charge in [0.25, 0.3) is 5.69 Å². The van der Waals surface area contributed by atoms with Crippen molar-refractivity contribution in [2.75, 3.05) is 12.3 Å². The lowest BCUT2D eigenvalue weighted by Crippen LogP contribution is -2.37. The number of rotatable bonds is 5. The number of hydrogen-bond donors (Lipinski definition) is 0. The summed E-state index contributed by atoms with van der Waals surface area (Å²) in [6, 6.07) is 22.6. The predicted octanol–water partition coefficient (Wildman–Crippen LogP) is 4.61. The molecule has 4 aromatic rings. The number of amides is 1. The van der Waals surface area contributed by atoms with Gasteiger partial charge in [-0.3, -0.25) is 19.5 Å². The largest absolute Gasteiger partial charge is 0.337 e. The molecule has 1 aliphatic heterocycles. The molecule has 1 aliphatic rings. The zero-order valence-electron chi connectivity index (χ0n) is 17.2. The number of carbonyl (C=O) groups excluding carboxylic acids is 1. The number of nitro benzene ring substituents is 1. The third-order valence-electron chi connectivity index (χ3n) is 5.64. The highest BCUT2D eigenvalue weighted by Crippen LogP contribution is 2.30. The van der Waals surface area contributed by atoms with Crippen LogP contribution in [0.4, 0.5) is 5.69 Å². The molecule has 1 aromatic heterocycles. The van der Waals surface area contributed by atoms with Gasteiger partial charge in [0.1, 0.15) is 0 Å². The highest BCUT2D eigenvalue weighted by Gasteiger charge is 2.22. The summed E-state index contributed by atoms with van der Waals surface area (Å²) in [5.74, 6) is 0.308. The lowest BCUT2D eigenvalue weighted by molar-refractivity contribution is -0.384. The molecule has 160 valence electrons. The van der Waals surface area contributed by atoms with Gasteiger partial charge in [0.15, 0.2) is 5.16 Å². The predicted molar refractivity (Wildman–Crippen MR) is 124 cm³/mol. The summed E-state index contributed by atoms with van der Waals surface area (Å²) in [6.07, 6.45) is 0.860. The fraction of sp³-hybridized carbons (Fsp3) is 0.167. The number of thioether (sulfide) groups is 1. The Morgan fingerprint density at radius 1 is 1.03 bits per heavy atom. The molecule has 0 bridgehead atoms. The first kappa shape index (κ1) is 20.3. The Morgan fingerprint density at radius 2 is 1.78 bits per heavy atom. The third kappa shape index (κ3) is 3.85. The molecule has 0 atom stereocenters. The van der Waals surface area contributed by atoms with Crippen molar-refractivity contribution in [3.05, 3.63) is 94.0 Å². The molecule has 0 unspecified atom stereocenters. The lowest BCUT2D eigenvalue weighted by Gasteiger charge is -2.28. The molecule has 0 spiro atoms. The van der Waals surface area contributed by atoms with Crippen LogP contribution in [0, 0.1) is 10.1 Å². The van der Waals surface area contributed by atoms with E-state index in [1.165, 1.54) is 35.0 Å². The monoisotopic (exact) mass is 444 g/mol. The summed E-state index contributed by atoms with van der Waals surface area (Å²) in [6.45, 7) is 1.33. The van der Waals surface area contributed by atoms with Crippen molar-refractivity contribution in [2.24, 2.45) is 0 Å². The molecule has 8 heteroatoms. The molecule has 0 fully saturated rings. The normalized spacial score (nSPS) is 13.2. The third-order valence-corrected chi connectivity index (χ3v) is 6.56. The highest BCUT2D eigenvalue weighted by molar-refractivity contribution is 7.99. The number of aromatic nitrogens is 2. The van der Waals surface area contributed by atoms with Gasteiger partial charge in [-0.2, -0.15) is 0 Å². The fourth-order valence-corrected chi connectivity index (χ4v) is 4.94. The molecule has 5 rings (SSSR count). The van der Waals surface area contributed by atoms with E-state index < -0.39 is 4.92 Å². The van der Waals surface area contributed by atoms with Gasteiger partial charge in [-0.05, 0) is 35.7 Å². The second-order valence-electron chi connectivity index (χ2n) is 7.62. The number of nitro groups is 1. The number of carbonyl (C=O) groups is 1. The van der Waals surface area contributed by atoms with Crippen molar-refractivity contribution >= 4 is 34.4 Å². The van der Waals surface area contributed by atoms with Gasteiger partial charge in [-0.1, -0.05) is 54.2 Å².